The van der Waals surface area contributed by atoms with E-state index >= 15 is 0 Å². The quantitative estimate of drug-likeness (QED) is 0.368. The van der Waals surface area contributed by atoms with Crippen LogP contribution in [0, 0.1) is 17.8 Å². The van der Waals surface area contributed by atoms with Gasteiger partial charge in [-0.05, 0) is 90.8 Å². The monoisotopic (exact) mass is 606 g/mol. The predicted octanol–water partition coefficient (Wildman–Crippen LogP) is 5.51. The molecule has 0 unspecified atom stereocenters. The third-order valence-corrected chi connectivity index (χ3v) is 10.7. The molecule has 6 atom stereocenters. The summed E-state index contributed by atoms with van der Waals surface area (Å²) in [4.78, 5) is 16.9. The van der Waals surface area contributed by atoms with Gasteiger partial charge in [0.2, 0.25) is 0 Å². The Morgan fingerprint density at radius 3 is 2.70 bits per heavy atom. The minimum absolute atomic E-state index is 0.106. The summed E-state index contributed by atoms with van der Waals surface area (Å²) in [6.07, 6.45) is 8.22. The Bertz CT molecular complexity index is 1440. The van der Waals surface area contributed by atoms with Crippen LogP contribution in [-0.2, 0) is 22.2 Å². The van der Waals surface area contributed by atoms with Crippen molar-refractivity contribution in [1.29, 1.82) is 0 Å². The summed E-state index contributed by atoms with van der Waals surface area (Å²) in [6, 6.07) is 11.5. The molecule has 8 heteroatoms. The van der Waals surface area contributed by atoms with E-state index < -0.39 is 17.7 Å². The van der Waals surface area contributed by atoms with Crippen LogP contribution >= 0.6 is 11.6 Å². The first-order chi connectivity index (χ1) is 20.5. The van der Waals surface area contributed by atoms with Crippen molar-refractivity contribution in [2.24, 2.45) is 17.8 Å². The summed E-state index contributed by atoms with van der Waals surface area (Å²) < 4.78 is 6.58. The number of carboxylic acids is 1. The second-order valence-corrected chi connectivity index (χ2v) is 13.9. The summed E-state index contributed by atoms with van der Waals surface area (Å²) in [5.74, 6) is -0.118. The lowest BCUT2D eigenvalue weighted by Crippen LogP contribution is -2.49. The average Bonchev–Trinajstić information content (AvgIpc) is 3.10. The van der Waals surface area contributed by atoms with Crippen LogP contribution in [0.15, 0.2) is 60.8 Å². The normalized spacial score (nSPS) is 33.5. The Kier molecular flexibility index (Phi) is 8.03. The number of nitrogens with zero attached hydrogens (tertiary/aromatic N) is 2. The second-order valence-electron chi connectivity index (χ2n) is 13.4. The zero-order valence-corrected chi connectivity index (χ0v) is 25.9. The van der Waals surface area contributed by atoms with Gasteiger partial charge in [-0.3, -0.25) is 0 Å². The lowest BCUT2D eigenvalue weighted by atomic mass is 9.68. The summed E-state index contributed by atoms with van der Waals surface area (Å²) in [7, 11) is 1.86. The van der Waals surface area contributed by atoms with Crippen LogP contribution in [0.1, 0.15) is 55.7 Å². The lowest BCUT2D eigenvalue weighted by molar-refractivity contribution is -0.160. The molecule has 230 valence electrons. The van der Waals surface area contributed by atoms with E-state index in [0.29, 0.717) is 43.3 Å². The molecule has 2 aliphatic heterocycles. The Balaban J connectivity index is 1.46. The van der Waals surface area contributed by atoms with Gasteiger partial charge in [0.05, 0.1) is 18.4 Å². The zero-order valence-electron chi connectivity index (χ0n) is 25.1. The highest BCUT2D eigenvalue weighted by Gasteiger charge is 2.45. The summed E-state index contributed by atoms with van der Waals surface area (Å²) in [5.41, 5.74) is 1.69. The van der Waals surface area contributed by atoms with Crippen molar-refractivity contribution in [3.8, 4) is 5.75 Å². The average molecular weight is 607 g/mol. The molecule has 4 aliphatic rings. The Hall–Kier alpha value is -3.00. The van der Waals surface area contributed by atoms with Crippen molar-refractivity contribution in [1.82, 2.24) is 4.90 Å². The van der Waals surface area contributed by atoms with Gasteiger partial charge in [0, 0.05) is 49.2 Å². The number of fused-ring (bicyclic) bond motifs is 4. The maximum atomic E-state index is 12.7. The minimum Gasteiger partial charge on any atom is -0.490 e. The highest BCUT2D eigenvalue weighted by atomic mass is 35.5. The van der Waals surface area contributed by atoms with Crippen LogP contribution in [0.5, 0.6) is 5.75 Å². The topological polar surface area (TPSA) is 93.5 Å². The molecule has 0 saturated heterocycles. The number of rotatable bonds is 1. The lowest BCUT2D eigenvalue weighted by Gasteiger charge is -2.45. The first kappa shape index (κ1) is 30.0. The van der Waals surface area contributed by atoms with Crippen LogP contribution in [0.25, 0.3) is 0 Å². The van der Waals surface area contributed by atoms with Gasteiger partial charge in [-0.2, -0.15) is 0 Å². The van der Waals surface area contributed by atoms with E-state index in [1.807, 2.05) is 36.2 Å². The number of anilines is 1. The Morgan fingerprint density at radius 1 is 1.14 bits per heavy atom. The highest BCUT2D eigenvalue weighted by molar-refractivity contribution is 6.30. The van der Waals surface area contributed by atoms with Crippen LogP contribution in [0.3, 0.4) is 0 Å². The molecule has 2 bridgehead atoms. The summed E-state index contributed by atoms with van der Waals surface area (Å²) in [6.45, 7) is 8.68. The number of halogens is 1. The van der Waals surface area contributed by atoms with Crippen molar-refractivity contribution < 1.29 is 24.9 Å². The van der Waals surface area contributed by atoms with Gasteiger partial charge in [-0.15, -0.1) is 0 Å². The van der Waals surface area contributed by atoms with E-state index in [9.17, 15) is 20.1 Å². The summed E-state index contributed by atoms with van der Waals surface area (Å²) >= 11 is 6.41. The van der Waals surface area contributed by atoms with Crippen LogP contribution in [0.2, 0.25) is 5.02 Å². The van der Waals surface area contributed by atoms with Gasteiger partial charge < -0.3 is 29.9 Å². The number of aliphatic carboxylic acids is 1. The predicted molar refractivity (Wildman–Crippen MR) is 169 cm³/mol. The van der Waals surface area contributed by atoms with Crippen molar-refractivity contribution >= 4 is 23.3 Å². The zero-order chi connectivity index (χ0) is 30.5. The highest BCUT2D eigenvalue weighted by Crippen LogP contribution is 2.47. The molecular formula is C35H43ClN2O5. The smallest absolute Gasteiger partial charge is 0.340 e. The van der Waals surface area contributed by atoms with E-state index in [0.717, 1.165) is 42.8 Å². The number of hydrogen-bond acceptors (Lipinski definition) is 6. The molecule has 2 aromatic carbocycles. The van der Waals surface area contributed by atoms with Gasteiger partial charge in [0.25, 0.3) is 0 Å². The second kappa shape index (κ2) is 11.5. The first-order valence-corrected chi connectivity index (χ1v) is 15.9. The van der Waals surface area contributed by atoms with Crippen LogP contribution < -0.4 is 9.64 Å². The van der Waals surface area contributed by atoms with E-state index in [1.54, 1.807) is 12.1 Å². The standard InChI is InChI=1S/C35H43ClN2O5/c1-22-6-12-31(39)28-10-7-25(28)19-38-20-34(14-4-5-24-15-27(36)9-11-29(24)34)21-43-32-13-8-26(16-30(32)38)35(42,33(40)41)17-23(2)37(3)18-22/h6,8-9,11-13,15-16,22,25,28,31,39,42H,2,4-5,7,10,14,17-21H2,1,3H3,(H,40,41)/b12-6+/t22-,25+,28-,31+,34+,35-/m1/s1. The number of ether oxygens (including phenoxy) is 1. The van der Waals surface area contributed by atoms with E-state index in [2.05, 4.69) is 30.5 Å². The van der Waals surface area contributed by atoms with Gasteiger partial charge in [0.1, 0.15) is 5.75 Å². The molecule has 2 aromatic rings. The van der Waals surface area contributed by atoms with Gasteiger partial charge in [0.15, 0.2) is 5.60 Å². The number of aliphatic hydroxyl groups is 2. The Morgan fingerprint density at radius 2 is 1.95 bits per heavy atom. The fourth-order valence-corrected chi connectivity index (χ4v) is 7.92. The van der Waals surface area contributed by atoms with Crippen LogP contribution in [0.4, 0.5) is 5.69 Å². The summed E-state index contributed by atoms with van der Waals surface area (Å²) in [5, 5.41) is 34.1. The number of carboxylic acid groups (broad SMARTS) is 1. The SMILES string of the molecule is C=C1C[C@](O)(C(=O)O)c2ccc3c(c2)N(C[C@@H]2CC[C@H]2[C@@H](O)/C=C/[C@@H](C)CN1C)C[C@@]1(CCCc2cc(Cl)ccc21)CO3. The molecule has 6 rings (SSSR count). The van der Waals surface area contributed by atoms with Crippen molar-refractivity contribution in [3.63, 3.8) is 0 Å². The molecule has 43 heavy (non-hydrogen) atoms. The maximum Gasteiger partial charge on any atom is 0.340 e. The molecular weight excluding hydrogens is 564 g/mol. The maximum absolute atomic E-state index is 12.7. The number of aryl methyl sites for hydroxylation is 1. The fraction of sp³-hybridized carbons (Fsp3) is 0.514. The molecule has 1 spiro atoms. The molecule has 1 saturated carbocycles. The number of aliphatic hydroxyl groups excluding tert-OH is 1. The third-order valence-electron chi connectivity index (χ3n) is 10.4. The van der Waals surface area contributed by atoms with Gasteiger partial charge >= 0.3 is 5.97 Å². The molecule has 0 amide bonds. The van der Waals surface area contributed by atoms with Crippen molar-refractivity contribution in [3.05, 3.63) is 82.5 Å². The van der Waals surface area contributed by atoms with Gasteiger partial charge in [-0.25, -0.2) is 4.79 Å². The molecule has 1 fully saturated rings. The first-order valence-electron chi connectivity index (χ1n) is 15.5. The fourth-order valence-electron chi connectivity index (χ4n) is 7.73. The molecule has 3 N–H and O–H groups in total. The van der Waals surface area contributed by atoms with Crippen molar-refractivity contribution in [2.45, 2.75) is 62.6 Å². The third kappa shape index (κ3) is 5.56. The molecule has 0 aromatic heterocycles. The number of carbonyl (C=O) groups is 1. The molecule has 2 aliphatic carbocycles. The van der Waals surface area contributed by atoms with E-state index in [4.69, 9.17) is 16.3 Å². The van der Waals surface area contributed by atoms with Crippen molar-refractivity contribution in [2.75, 3.05) is 38.2 Å². The van der Waals surface area contributed by atoms with E-state index in [1.165, 1.54) is 11.1 Å². The number of hydrogen-bond donors (Lipinski definition) is 3. The van der Waals surface area contributed by atoms with Gasteiger partial charge in [-0.1, -0.05) is 49.4 Å². The van der Waals surface area contributed by atoms with E-state index in [-0.39, 0.29) is 29.6 Å². The molecule has 2 heterocycles. The minimum atomic E-state index is -2.16. The molecule has 7 nitrogen and oxygen atoms in total. The number of benzene rings is 2. The Labute approximate surface area is 259 Å². The van der Waals surface area contributed by atoms with Crippen LogP contribution in [-0.4, -0.2) is 65.6 Å². The molecule has 0 radical (unpaired) electrons. The largest absolute Gasteiger partial charge is 0.490 e.